The number of fused-ring (bicyclic) bond motifs is 3. The van der Waals surface area contributed by atoms with Crippen LogP contribution in [0.15, 0.2) is 36.4 Å². The lowest BCUT2D eigenvalue weighted by molar-refractivity contribution is 0.125. The van der Waals surface area contributed by atoms with Crippen molar-refractivity contribution in [1.29, 1.82) is 0 Å². The molecule has 164 valence electrons. The van der Waals surface area contributed by atoms with Gasteiger partial charge in [0.25, 0.3) is 0 Å². The Balaban J connectivity index is 1.19. The van der Waals surface area contributed by atoms with Gasteiger partial charge in [-0.3, -0.25) is 0 Å². The van der Waals surface area contributed by atoms with Gasteiger partial charge in [0.2, 0.25) is 0 Å². The molecule has 2 aromatic rings. The zero-order valence-electron chi connectivity index (χ0n) is 18.1. The SMILES string of the molecule is OC(CCN1CC[C@H]2[C@@H](C1)c1cc(C3CCC3)cc3c1N2CCN3)c1ccc(F)cc1. The van der Waals surface area contributed by atoms with Gasteiger partial charge in [-0.05, 0) is 66.5 Å². The summed E-state index contributed by atoms with van der Waals surface area (Å²) in [6, 6.07) is 11.8. The van der Waals surface area contributed by atoms with Gasteiger partial charge in [0.15, 0.2) is 0 Å². The van der Waals surface area contributed by atoms with Crippen LogP contribution in [0.25, 0.3) is 0 Å². The lowest BCUT2D eigenvalue weighted by Gasteiger charge is -2.40. The highest BCUT2D eigenvalue weighted by atomic mass is 19.1. The zero-order valence-corrected chi connectivity index (χ0v) is 18.1. The van der Waals surface area contributed by atoms with Crippen LogP contribution in [0.5, 0.6) is 0 Å². The largest absolute Gasteiger partial charge is 0.388 e. The number of anilines is 2. The molecule has 3 atom stereocenters. The molecule has 1 unspecified atom stereocenters. The van der Waals surface area contributed by atoms with Crippen molar-refractivity contribution in [2.75, 3.05) is 42.9 Å². The Hall–Kier alpha value is -2.11. The molecule has 2 aromatic carbocycles. The molecule has 0 radical (unpaired) electrons. The third-order valence-electron chi connectivity index (χ3n) is 8.13. The molecule has 1 saturated heterocycles. The maximum Gasteiger partial charge on any atom is 0.123 e. The molecule has 1 saturated carbocycles. The Morgan fingerprint density at radius 3 is 2.71 bits per heavy atom. The van der Waals surface area contributed by atoms with Gasteiger partial charge in [0.05, 0.1) is 17.5 Å². The number of benzene rings is 2. The minimum atomic E-state index is -0.534. The van der Waals surface area contributed by atoms with E-state index in [-0.39, 0.29) is 5.82 Å². The molecule has 2 N–H and O–H groups in total. The molecule has 2 fully saturated rings. The van der Waals surface area contributed by atoms with Crippen molar-refractivity contribution in [3.63, 3.8) is 0 Å². The number of nitrogens with one attached hydrogen (secondary N) is 1. The van der Waals surface area contributed by atoms with Crippen molar-refractivity contribution in [3.05, 3.63) is 58.9 Å². The molecular weight excluding hydrogens is 389 g/mol. The average molecular weight is 422 g/mol. The number of halogens is 1. The van der Waals surface area contributed by atoms with E-state index in [0.717, 1.165) is 44.2 Å². The second-order valence-corrected chi connectivity index (χ2v) is 9.87. The standard InChI is InChI=1S/C26H32FN3O/c27-20-6-4-18(5-7-20)25(31)9-12-29-11-8-24-22(16-29)21-14-19(17-2-1-3-17)15-23-26(21)30(24)13-10-28-23/h4-7,14-15,17,22,24-25,28,31H,1-3,8-13,16H2/t22-,24-,25?/m0/s1. The van der Waals surface area contributed by atoms with Crippen molar-refractivity contribution in [3.8, 4) is 0 Å². The molecule has 1 aliphatic carbocycles. The Labute approximate surface area is 184 Å². The van der Waals surface area contributed by atoms with Gasteiger partial charge < -0.3 is 20.2 Å². The van der Waals surface area contributed by atoms with E-state index in [9.17, 15) is 9.50 Å². The highest BCUT2D eigenvalue weighted by Gasteiger charge is 2.44. The smallest absolute Gasteiger partial charge is 0.123 e. The summed E-state index contributed by atoms with van der Waals surface area (Å²) in [5, 5.41) is 14.3. The summed E-state index contributed by atoms with van der Waals surface area (Å²) in [4.78, 5) is 5.21. The van der Waals surface area contributed by atoms with Crippen molar-refractivity contribution >= 4 is 11.4 Å². The van der Waals surface area contributed by atoms with E-state index >= 15 is 0 Å². The topological polar surface area (TPSA) is 38.7 Å². The number of rotatable bonds is 5. The predicted molar refractivity (Wildman–Crippen MR) is 122 cm³/mol. The summed E-state index contributed by atoms with van der Waals surface area (Å²) in [7, 11) is 0. The average Bonchev–Trinajstić information content (AvgIpc) is 3.06. The predicted octanol–water partition coefficient (Wildman–Crippen LogP) is 4.62. The minimum Gasteiger partial charge on any atom is -0.388 e. The Kier molecular flexibility index (Phi) is 4.91. The molecule has 0 amide bonds. The van der Waals surface area contributed by atoms with Crippen LogP contribution in [0.4, 0.5) is 15.8 Å². The van der Waals surface area contributed by atoms with E-state index in [1.54, 1.807) is 23.3 Å². The lowest BCUT2D eigenvalue weighted by atomic mass is 9.78. The van der Waals surface area contributed by atoms with Gasteiger partial charge >= 0.3 is 0 Å². The third kappa shape index (κ3) is 3.42. The van der Waals surface area contributed by atoms with Crippen LogP contribution >= 0.6 is 0 Å². The fourth-order valence-corrected chi connectivity index (χ4v) is 6.20. The number of aliphatic hydroxyl groups is 1. The number of hydrogen-bond donors (Lipinski definition) is 2. The Morgan fingerprint density at radius 1 is 1.10 bits per heavy atom. The van der Waals surface area contributed by atoms with Crippen LogP contribution in [0.2, 0.25) is 0 Å². The van der Waals surface area contributed by atoms with Crippen LogP contribution in [0.1, 0.15) is 66.7 Å². The van der Waals surface area contributed by atoms with Gasteiger partial charge in [0, 0.05) is 44.7 Å². The van der Waals surface area contributed by atoms with Crippen molar-refractivity contribution in [2.45, 2.75) is 56.1 Å². The van der Waals surface area contributed by atoms with Gasteiger partial charge in [-0.15, -0.1) is 0 Å². The quantitative estimate of drug-likeness (QED) is 0.739. The summed E-state index contributed by atoms with van der Waals surface area (Å²) in [6.45, 7) is 5.17. The first-order valence-corrected chi connectivity index (χ1v) is 12.0. The Bertz CT molecular complexity index is 958. The number of aliphatic hydroxyl groups excluding tert-OH is 1. The first-order valence-electron chi connectivity index (χ1n) is 12.0. The molecule has 4 nitrogen and oxygen atoms in total. The summed E-state index contributed by atoms with van der Waals surface area (Å²) < 4.78 is 13.2. The zero-order chi connectivity index (χ0) is 20.9. The molecule has 31 heavy (non-hydrogen) atoms. The van der Waals surface area contributed by atoms with Crippen molar-refractivity contribution in [2.24, 2.45) is 0 Å². The number of nitrogens with zero attached hydrogens (tertiary/aromatic N) is 2. The van der Waals surface area contributed by atoms with Gasteiger partial charge in [-0.1, -0.05) is 24.6 Å². The fourth-order valence-electron chi connectivity index (χ4n) is 6.20. The van der Waals surface area contributed by atoms with Gasteiger partial charge in [0.1, 0.15) is 5.82 Å². The summed E-state index contributed by atoms with van der Waals surface area (Å²) in [6.07, 6.45) is 5.38. The number of piperidine rings is 1. The second-order valence-electron chi connectivity index (χ2n) is 9.87. The van der Waals surface area contributed by atoms with Crippen LogP contribution in [-0.4, -0.2) is 48.8 Å². The van der Waals surface area contributed by atoms with Gasteiger partial charge in [-0.2, -0.15) is 0 Å². The molecule has 0 bridgehead atoms. The maximum atomic E-state index is 13.2. The molecule has 5 heteroatoms. The molecule has 0 spiro atoms. The normalized spacial score (nSPS) is 26.1. The van der Waals surface area contributed by atoms with Crippen molar-refractivity contribution in [1.82, 2.24) is 4.90 Å². The number of hydrogen-bond acceptors (Lipinski definition) is 4. The van der Waals surface area contributed by atoms with Crippen LogP contribution < -0.4 is 10.2 Å². The van der Waals surface area contributed by atoms with Gasteiger partial charge in [-0.25, -0.2) is 4.39 Å². The summed E-state index contributed by atoms with van der Waals surface area (Å²) >= 11 is 0. The van der Waals surface area contributed by atoms with E-state index in [1.165, 1.54) is 49.2 Å². The van der Waals surface area contributed by atoms with Crippen molar-refractivity contribution < 1.29 is 9.50 Å². The van der Waals surface area contributed by atoms with E-state index in [2.05, 4.69) is 27.2 Å². The summed E-state index contributed by atoms with van der Waals surface area (Å²) in [5.74, 6) is 1.06. The van der Waals surface area contributed by atoms with E-state index in [1.807, 2.05) is 0 Å². The molecule has 4 aliphatic rings. The first-order chi connectivity index (χ1) is 15.2. The van der Waals surface area contributed by atoms with E-state index in [0.29, 0.717) is 18.4 Å². The molecule has 0 aromatic heterocycles. The summed E-state index contributed by atoms with van der Waals surface area (Å²) in [5.41, 5.74) is 6.73. The number of likely N-dealkylation sites (tertiary alicyclic amines) is 1. The van der Waals surface area contributed by atoms with E-state index < -0.39 is 6.10 Å². The lowest BCUT2D eigenvalue weighted by Crippen LogP contribution is -2.48. The highest BCUT2D eigenvalue weighted by Crippen LogP contribution is 2.52. The minimum absolute atomic E-state index is 0.255. The highest BCUT2D eigenvalue weighted by molar-refractivity contribution is 5.81. The fraction of sp³-hybridized carbons (Fsp3) is 0.538. The second kappa shape index (κ2) is 7.79. The Morgan fingerprint density at radius 2 is 1.94 bits per heavy atom. The third-order valence-corrected chi connectivity index (χ3v) is 8.13. The molecular formula is C26H32FN3O. The van der Waals surface area contributed by atoms with Crippen LogP contribution in [0.3, 0.4) is 0 Å². The van der Waals surface area contributed by atoms with Crippen LogP contribution in [0, 0.1) is 5.82 Å². The maximum absolute atomic E-state index is 13.2. The molecule has 3 heterocycles. The molecule has 6 rings (SSSR count). The van der Waals surface area contributed by atoms with E-state index in [4.69, 9.17) is 0 Å². The van der Waals surface area contributed by atoms with Crippen LogP contribution in [-0.2, 0) is 0 Å². The molecule has 3 aliphatic heterocycles. The first kappa shape index (κ1) is 19.6. The monoisotopic (exact) mass is 421 g/mol.